The smallest absolute Gasteiger partial charge is 0.268 e. The second kappa shape index (κ2) is 50.4. The van der Waals surface area contributed by atoms with Gasteiger partial charge in [0.05, 0.1) is 39.9 Å². The number of aliphatic hydroxyl groups is 1. The molecule has 0 aromatic carbocycles. The molecule has 0 saturated heterocycles. The number of carbonyl (C=O) groups excluding carboxylic acids is 1. The fraction of sp³-hybridized carbons (Fsp3) is 0.847. The van der Waals surface area contributed by atoms with Crippen molar-refractivity contribution in [1.29, 1.82) is 0 Å². The third-order valence-electron chi connectivity index (χ3n) is 13.1. The number of rotatable bonds is 53. The van der Waals surface area contributed by atoms with Crippen molar-refractivity contribution < 1.29 is 32.9 Å². The van der Waals surface area contributed by atoms with Crippen LogP contribution in [-0.2, 0) is 18.4 Å². The molecule has 0 bridgehead atoms. The highest BCUT2D eigenvalue weighted by Crippen LogP contribution is 2.38. The molecule has 0 aromatic heterocycles. The molecule has 8 nitrogen and oxygen atoms in total. The van der Waals surface area contributed by atoms with E-state index >= 15 is 0 Å². The van der Waals surface area contributed by atoms with Crippen LogP contribution >= 0.6 is 7.82 Å². The number of amides is 1. The summed E-state index contributed by atoms with van der Waals surface area (Å²) in [4.78, 5) is 25.2. The molecule has 400 valence electrons. The summed E-state index contributed by atoms with van der Waals surface area (Å²) in [5.41, 5.74) is 0. The zero-order valence-electron chi connectivity index (χ0n) is 45.6. The second-order valence-electron chi connectivity index (χ2n) is 21.0. The number of unbranched alkanes of at least 4 members (excludes halogenated alkanes) is 32. The first-order valence-corrected chi connectivity index (χ1v) is 30.4. The molecule has 0 saturated carbocycles. The van der Waals surface area contributed by atoms with Crippen LogP contribution in [0.5, 0.6) is 0 Å². The molecule has 0 rings (SSSR count). The molecule has 3 atom stereocenters. The Labute approximate surface area is 422 Å². The predicted octanol–water partition coefficient (Wildman–Crippen LogP) is 16.9. The van der Waals surface area contributed by atoms with Crippen molar-refractivity contribution in [1.82, 2.24) is 5.32 Å². The number of phosphoric ester groups is 1. The quantitative estimate of drug-likeness (QED) is 0.0272. The van der Waals surface area contributed by atoms with Crippen LogP contribution in [0.25, 0.3) is 0 Å². The van der Waals surface area contributed by atoms with E-state index in [1.807, 2.05) is 21.1 Å². The minimum absolute atomic E-state index is 0.0129. The number of nitrogens with one attached hydrogen (secondary N) is 1. The molecule has 0 spiro atoms. The lowest BCUT2D eigenvalue weighted by Crippen LogP contribution is -2.46. The number of aliphatic hydroxyl groups excluding tert-OH is 1. The summed E-state index contributed by atoms with van der Waals surface area (Å²) < 4.78 is 23.1. The molecule has 68 heavy (non-hydrogen) atoms. The van der Waals surface area contributed by atoms with Gasteiger partial charge in [0, 0.05) is 6.42 Å². The Morgan fingerprint density at radius 3 is 1.31 bits per heavy atom. The summed E-state index contributed by atoms with van der Waals surface area (Å²) in [5, 5.41) is 13.7. The van der Waals surface area contributed by atoms with Gasteiger partial charge in [-0.25, -0.2) is 0 Å². The molecule has 0 fully saturated rings. The van der Waals surface area contributed by atoms with Crippen LogP contribution in [0.2, 0.25) is 0 Å². The van der Waals surface area contributed by atoms with Crippen LogP contribution < -0.4 is 10.2 Å². The third kappa shape index (κ3) is 52.3. The highest BCUT2D eigenvalue weighted by atomic mass is 31.2. The number of quaternary nitrogens is 1. The first kappa shape index (κ1) is 66.5. The Kier molecular flexibility index (Phi) is 49.3. The lowest BCUT2D eigenvalue weighted by Gasteiger charge is -2.30. The van der Waals surface area contributed by atoms with Crippen LogP contribution in [0, 0.1) is 0 Å². The Morgan fingerprint density at radius 1 is 0.529 bits per heavy atom. The van der Waals surface area contributed by atoms with E-state index in [1.54, 1.807) is 0 Å². The second-order valence-corrected chi connectivity index (χ2v) is 22.4. The van der Waals surface area contributed by atoms with Crippen molar-refractivity contribution in [2.45, 2.75) is 283 Å². The minimum atomic E-state index is -4.55. The Balaban J connectivity index is 3.64. The van der Waals surface area contributed by atoms with Crippen LogP contribution in [0.15, 0.2) is 48.6 Å². The monoisotopic (exact) mass is 977 g/mol. The summed E-state index contributed by atoms with van der Waals surface area (Å²) in [6, 6.07) is -0.794. The maximum Gasteiger partial charge on any atom is 0.268 e. The van der Waals surface area contributed by atoms with E-state index in [4.69, 9.17) is 9.05 Å². The van der Waals surface area contributed by atoms with Gasteiger partial charge in [0.1, 0.15) is 13.2 Å². The lowest BCUT2D eigenvalue weighted by molar-refractivity contribution is -0.870. The average Bonchev–Trinajstić information content (AvgIpc) is 3.30. The molecular weight excluding hydrogens is 864 g/mol. The number of allylic oxidation sites excluding steroid dienone is 8. The van der Waals surface area contributed by atoms with E-state index in [2.05, 4.69) is 67.8 Å². The van der Waals surface area contributed by atoms with E-state index < -0.39 is 20.0 Å². The molecule has 2 N–H and O–H groups in total. The first-order valence-electron chi connectivity index (χ1n) is 29.0. The van der Waals surface area contributed by atoms with Gasteiger partial charge in [-0.05, 0) is 51.4 Å². The van der Waals surface area contributed by atoms with E-state index in [9.17, 15) is 19.4 Å². The molecule has 0 radical (unpaired) electrons. The van der Waals surface area contributed by atoms with Gasteiger partial charge in [0.15, 0.2) is 0 Å². The number of phosphoric acid groups is 1. The number of nitrogens with zero attached hydrogens (tertiary/aromatic N) is 1. The van der Waals surface area contributed by atoms with Gasteiger partial charge in [-0.15, -0.1) is 0 Å². The fourth-order valence-electron chi connectivity index (χ4n) is 8.56. The van der Waals surface area contributed by atoms with Gasteiger partial charge in [-0.2, -0.15) is 0 Å². The number of likely N-dealkylation sites (N-methyl/N-ethyl adjacent to an activating group) is 1. The van der Waals surface area contributed by atoms with Crippen LogP contribution in [0.4, 0.5) is 0 Å². The van der Waals surface area contributed by atoms with Crippen molar-refractivity contribution in [2.75, 3.05) is 40.9 Å². The topological polar surface area (TPSA) is 108 Å². The molecule has 1 amide bonds. The van der Waals surface area contributed by atoms with Gasteiger partial charge < -0.3 is 28.8 Å². The van der Waals surface area contributed by atoms with Crippen molar-refractivity contribution in [3.8, 4) is 0 Å². The average molecular weight is 978 g/mol. The maximum absolute atomic E-state index is 12.8. The summed E-state index contributed by atoms with van der Waals surface area (Å²) in [6.45, 7) is 4.53. The predicted molar refractivity (Wildman–Crippen MR) is 293 cm³/mol. The van der Waals surface area contributed by atoms with Gasteiger partial charge in [0.2, 0.25) is 5.91 Å². The summed E-state index contributed by atoms with van der Waals surface area (Å²) >= 11 is 0. The molecular formula is C59H113N2O6P. The highest BCUT2D eigenvalue weighted by molar-refractivity contribution is 7.45. The molecule has 0 aliphatic rings. The van der Waals surface area contributed by atoms with Crippen molar-refractivity contribution in [3.05, 3.63) is 48.6 Å². The first-order chi connectivity index (χ1) is 33.0. The molecule has 0 aromatic rings. The van der Waals surface area contributed by atoms with E-state index in [0.717, 1.165) is 77.0 Å². The molecule has 3 unspecified atom stereocenters. The maximum atomic E-state index is 12.8. The molecule has 0 aliphatic carbocycles. The molecule has 0 aliphatic heterocycles. The van der Waals surface area contributed by atoms with Crippen molar-refractivity contribution in [2.24, 2.45) is 0 Å². The van der Waals surface area contributed by atoms with E-state index in [0.29, 0.717) is 23.9 Å². The van der Waals surface area contributed by atoms with Gasteiger partial charge >= 0.3 is 0 Å². The summed E-state index contributed by atoms with van der Waals surface area (Å²) in [6.07, 6.45) is 66.7. The third-order valence-corrected chi connectivity index (χ3v) is 14.0. The van der Waals surface area contributed by atoms with Crippen LogP contribution in [0.1, 0.15) is 271 Å². The molecule has 9 heteroatoms. The van der Waals surface area contributed by atoms with Crippen LogP contribution in [-0.4, -0.2) is 68.5 Å². The highest BCUT2D eigenvalue weighted by Gasteiger charge is 2.24. The van der Waals surface area contributed by atoms with Gasteiger partial charge in [0.25, 0.3) is 7.82 Å². The number of carbonyl (C=O) groups is 1. The largest absolute Gasteiger partial charge is 0.756 e. The zero-order valence-corrected chi connectivity index (χ0v) is 46.5. The van der Waals surface area contributed by atoms with Gasteiger partial charge in [-0.1, -0.05) is 262 Å². The number of hydrogen-bond donors (Lipinski definition) is 2. The Morgan fingerprint density at radius 2 is 0.897 bits per heavy atom. The summed E-state index contributed by atoms with van der Waals surface area (Å²) in [5.74, 6) is -0.168. The Bertz CT molecular complexity index is 1250. The molecule has 0 heterocycles. The summed E-state index contributed by atoms with van der Waals surface area (Å²) in [7, 11) is 1.31. The van der Waals surface area contributed by atoms with Crippen molar-refractivity contribution >= 4 is 13.7 Å². The van der Waals surface area contributed by atoms with Gasteiger partial charge in [-0.3, -0.25) is 9.36 Å². The standard InChI is InChI=1S/C59H113N2O6P/c1-6-8-10-12-13-14-15-16-17-18-19-20-21-22-23-24-25-26-27-28-29-30-31-32-33-34-35-36-37-38-39-40-41-42-43-44-45-46-47-49-51-53-59(63)60-57(58(62)52-50-48-11-9-7-2)56-67-68(64,65)66-55-54-61(3,4)5/h8,10,13-14,16-17,19-20,57-58,62H,6-7,9,11-12,15,18,21-56H2,1-5H3,(H-,60,63,64,65)/b10-8-,14-13-,17-16-,20-19-. The minimum Gasteiger partial charge on any atom is -0.756 e. The normalized spacial score (nSPS) is 14.3. The zero-order chi connectivity index (χ0) is 49.9. The number of hydrogen-bond acceptors (Lipinski definition) is 6. The fourth-order valence-corrected chi connectivity index (χ4v) is 9.29. The Hall–Kier alpha value is -1.54. The van der Waals surface area contributed by atoms with Crippen LogP contribution in [0.3, 0.4) is 0 Å². The van der Waals surface area contributed by atoms with E-state index in [1.165, 1.54) is 167 Å². The SMILES string of the molecule is CC/C=C\C/C=C\C/C=C\C/C=C\CCCCCCCCCCCCCCCCCCCCCCCCCCCCCCC(=O)NC(COP(=O)([O-])OCC[N+](C)(C)C)C(O)CCCCCCC. The van der Waals surface area contributed by atoms with E-state index in [-0.39, 0.29) is 19.1 Å². The van der Waals surface area contributed by atoms with Crippen molar-refractivity contribution in [3.63, 3.8) is 0 Å². The lowest BCUT2D eigenvalue weighted by atomic mass is 10.0.